The first-order valence-electron chi connectivity index (χ1n) is 12.0. The lowest BCUT2D eigenvalue weighted by molar-refractivity contribution is -0.137. The Balaban J connectivity index is 1.35. The molecule has 0 radical (unpaired) electrons. The maximum atomic E-state index is 13.2. The minimum Gasteiger partial charge on any atom is -0.368 e. The molecular weight excluding hydrogens is 430 g/mol. The van der Waals surface area contributed by atoms with Gasteiger partial charge in [-0.1, -0.05) is 24.3 Å². The highest BCUT2D eigenvalue weighted by Gasteiger charge is 2.57. The normalized spacial score (nSPS) is 18.6. The monoisotopic (exact) mass is 461 g/mol. The molecule has 0 bridgehead atoms. The van der Waals surface area contributed by atoms with Crippen LogP contribution in [0.5, 0.6) is 0 Å². The molecule has 1 spiro atoms. The van der Waals surface area contributed by atoms with Crippen molar-refractivity contribution < 1.29 is 14.4 Å². The number of imide groups is 1. The molecule has 0 aliphatic carbocycles. The van der Waals surface area contributed by atoms with Gasteiger partial charge in [-0.15, -0.1) is 0 Å². The number of aromatic nitrogens is 1. The van der Waals surface area contributed by atoms with Gasteiger partial charge in [0.15, 0.2) is 0 Å². The van der Waals surface area contributed by atoms with Crippen LogP contribution in [0.15, 0.2) is 42.5 Å². The second-order valence-corrected chi connectivity index (χ2v) is 9.31. The van der Waals surface area contributed by atoms with E-state index < -0.39 is 17.5 Å². The van der Waals surface area contributed by atoms with Crippen LogP contribution < -0.4 is 5.73 Å². The molecule has 4 amide bonds. The molecule has 5 rings (SSSR count). The number of urea groups is 1. The molecule has 1 aromatic heterocycles. The first-order chi connectivity index (χ1) is 16.4. The molecule has 8 nitrogen and oxygen atoms in total. The van der Waals surface area contributed by atoms with Crippen LogP contribution in [0.4, 0.5) is 4.79 Å². The molecule has 0 atom stereocenters. The van der Waals surface area contributed by atoms with Crippen molar-refractivity contribution in [2.75, 3.05) is 26.2 Å². The van der Waals surface area contributed by atoms with Gasteiger partial charge in [0.05, 0.1) is 0 Å². The van der Waals surface area contributed by atoms with E-state index >= 15 is 0 Å². The average Bonchev–Trinajstić information content (AvgIpc) is 3.25. The van der Waals surface area contributed by atoms with Gasteiger partial charge in [-0.2, -0.15) is 0 Å². The third-order valence-corrected chi connectivity index (χ3v) is 7.49. The number of rotatable bonds is 6. The number of carbonyl (C=O) groups is 3. The average molecular weight is 462 g/mol. The number of nitrogens with two attached hydrogens (primary N) is 1. The van der Waals surface area contributed by atoms with Gasteiger partial charge in [-0.3, -0.25) is 19.4 Å². The van der Waals surface area contributed by atoms with Crippen LogP contribution in [-0.4, -0.2) is 68.8 Å². The minimum absolute atomic E-state index is 0.286. The van der Waals surface area contributed by atoms with Gasteiger partial charge in [0.25, 0.3) is 5.91 Å². The molecule has 8 heteroatoms. The van der Waals surface area contributed by atoms with E-state index in [0.717, 1.165) is 18.0 Å². The molecule has 0 unspecified atom stereocenters. The highest BCUT2D eigenvalue weighted by atomic mass is 16.2. The van der Waals surface area contributed by atoms with Gasteiger partial charge in [0, 0.05) is 54.5 Å². The van der Waals surface area contributed by atoms with Crippen LogP contribution in [-0.2, 0) is 22.7 Å². The molecule has 2 aliphatic rings. The Morgan fingerprint density at radius 2 is 1.68 bits per heavy atom. The Morgan fingerprint density at radius 1 is 0.971 bits per heavy atom. The summed E-state index contributed by atoms with van der Waals surface area (Å²) in [6.07, 6.45) is 1.11. The molecule has 2 saturated heterocycles. The lowest BCUT2D eigenvalue weighted by atomic mass is 9.85. The summed E-state index contributed by atoms with van der Waals surface area (Å²) in [5.41, 5.74) is 8.15. The smallest absolute Gasteiger partial charge is 0.328 e. The number of para-hydroxylation sites is 1. The maximum Gasteiger partial charge on any atom is 0.328 e. The largest absolute Gasteiger partial charge is 0.368 e. The van der Waals surface area contributed by atoms with Crippen LogP contribution >= 0.6 is 0 Å². The predicted molar refractivity (Wildman–Crippen MR) is 131 cm³/mol. The van der Waals surface area contributed by atoms with E-state index in [1.807, 2.05) is 6.92 Å². The van der Waals surface area contributed by atoms with E-state index in [-0.39, 0.29) is 12.5 Å². The van der Waals surface area contributed by atoms with Crippen molar-refractivity contribution in [2.24, 2.45) is 5.73 Å². The zero-order chi connectivity index (χ0) is 24.0. The fourth-order valence-electron chi connectivity index (χ4n) is 5.88. The lowest BCUT2D eigenvalue weighted by Gasteiger charge is -2.42. The summed E-state index contributed by atoms with van der Waals surface area (Å²) in [4.78, 5) is 42.4. The maximum absolute atomic E-state index is 13.2. The number of carbonyl (C=O) groups excluding carboxylic acids is 3. The lowest BCUT2D eigenvalue weighted by Crippen LogP contribution is -2.56. The number of fused-ring (bicyclic) bond motifs is 3. The number of piperidine rings is 1. The summed E-state index contributed by atoms with van der Waals surface area (Å²) in [6, 6.07) is 14.8. The first kappa shape index (κ1) is 22.4. The molecule has 3 heterocycles. The summed E-state index contributed by atoms with van der Waals surface area (Å²) in [7, 11) is 0. The highest BCUT2D eigenvalue weighted by molar-refractivity contribution is 6.09. The van der Waals surface area contributed by atoms with Crippen molar-refractivity contribution >= 4 is 39.7 Å². The summed E-state index contributed by atoms with van der Waals surface area (Å²) < 4.78 is 2.35. The van der Waals surface area contributed by atoms with Gasteiger partial charge >= 0.3 is 6.03 Å². The van der Waals surface area contributed by atoms with Gasteiger partial charge in [0.1, 0.15) is 12.1 Å². The van der Waals surface area contributed by atoms with Crippen molar-refractivity contribution in [1.82, 2.24) is 19.3 Å². The molecule has 178 valence electrons. The summed E-state index contributed by atoms with van der Waals surface area (Å²) >= 11 is 0. The molecule has 3 aromatic rings. The number of hydrogen-bond donors (Lipinski definition) is 1. The molecule has 2 aromatic carbocycles. The standard InChI is InChI=1S/C26H31N5O3/c1-3-29-21-8-6-5-7-19(21)20-15-18(9-10-22(20)29)16-28-13-11-26(12-14-28)24(33)30(17-23(27)32)25(34)31(26)4-2/h5-10,15H,3-4,11-14,16-17H2,1-2H3,(H2,27,32). The summed E-state index contributed by atoms with van der Waals surface area (Å²) in [5, 5.41) is 2.53. The van der Waals surface area contributed by atoms with E-state index in [9.17, 15) is 14.4 Å². The third-order valence-electron chi connectivity index (χ3n) is 7.49. The Bertz CT molecular complexity index is 1290. The van der Waals surface area contributed by atoms with Gasteiger partial charge in [-0.05, 0) is 50.5 Å². The fraction of sp³-hybridized carbons (Fsp3) is 0.423. The van der Waals surface area contributed by atoms with E-state index in [0.29, 0.717) is 32.5 Å². The van der Waals surface area contributed by atoms with Crippen molar-refractivity contribution in [3.05, 3.63) is 48.0 Å². The molecule has 34 heavy (non-hydrogen) atoms. The number of likely N-dealkylation sites (tertiary alicyclic amines) is 1. The SMILES string of the molecule is CCN1C(=O)N(CC(N)=O)C(=O)C12CCN(Cc1ccc3c(c1)c1ccccc1n3CC)CC2. The zero-order valence-electron chi connectivity index (χ0n) is 19.8. The van der Waals surface area contributed by atoms with E-state index in [4.69, 9.17) is 5.73 Å². The quantitative estimate of drug-likeness (QED) is 0.572. The van der Waals surface area contributed by atoms with Crippen molar-refractivity contribution in [3.63, 3.8) is 0 Å². The van der Waals surface area contributed by atoms with Crippen molar-refractivity contribution in [3.8, 4) is 0 Å². The minimum atomic E-state index is -0.865. The topological polar surface area (TPSA) is 91.9 Å². The zero-order valence-corrected chi connectivity index (χ0v) is 19.8. The molecule has 2 fully saturated rings. The van der Waals surface area contributed by atoms with E-state index in [1.54, 1.807) is 4.90 Å². The summed E-state index contributed by atoms with van der Waals surface area (Å²) in [5.74, 6) is -0.960. The predicted octanol–water partition coefficient (Wildman–Crippen LogP) is 2.92. The Kier molecular flexibility index (Phi) is 5.56. The van der Waals surface area contributed by atoms with Crippen molar-refractivity contribution in [2.45, 2.75) is 45.3 Å². The van der Waals surface area contributed by atoms with E-state index in [2.05, 4.69) is 58.9 Å². The number of likely N-dealkylation sites (N-methyl/N-ethyl adjacent to an activating group) is 1. The highest BCUT2D eigenvalue weighted by Crippen LogP contribution is 2.37. The van der Waals surface area contributed by atoms with Gasteiger partial charge in [-0.25, -0.2) is 4.79 Å². The summed E-state index contributed by atoms with van der Waals surface area (Å²) in [6.45, 7) is 7.23. The van der Waals surface area contributed by atoms with Crippen LogP contribution in [0, 0.1) is 0 Å². The van der Waals surface area contributed by atoms with Gasteiger partial charge in [0.2, 0.25) is 5.91 Å². The molecule has 2 aliphatic heterocycles. The Hall–Kier alpha value is -3.39. The number of primary amides is 1. The van der Waals surface area contributed by atoms with Crippen LogP contribution in [0.3, 0.4) is 0 Å². The van der Waals surface area contributed by atoms with E-state index in [1.165, 1.54) is 27.4 Å². The molecule has 2 N–H and O–H groups in total. The van der Waals surface area contributed by atoms with Crippen LogP contribution in [0.25, 0.3) is 21.8 Å². The number of nitrogens with zero attached hydrogens (tertiary/aromatic N) is 4. The first-order valence-corrected chi connectivity index (χ1v) is 12.0. The Morgan fingerprint density at radius 3 is 2.35 bits per heavy atom. The second kappa shape index (κ2) is 8.43. The molecule has 0 saturated carbocycles. The van der Waals surface area contributed by atoms with Gasteiger partial charge < -0.3 is 15.2 Å². The number of aryl methyl sites for hydroxylation is 1. The second-order valence-electron chi connectivity index (χ2n) is 9.31. The molecular formula is C26H31N5O3. The van der Waals surface area contributed by atoms with Crippen molar-refractivity contribution in [1.29, 1.82) is 0 Å². The Labute approximate surface area is 198 Å². The van der Waals surface area contributed by atoms with Crippen LogP contribution in [0.2, 0.25) is 0 Å². The van der Waals surface area contributed by atoms with Crippen LogP contribution in [0.1, 0.15) is 32.3 Å². The number of benzene rings is 2. The fourth-order valence-corrected chi connectivity index (χ4v) is 5.88. The number of hydrogen-bond acceptors (Lipinski definition) is 4. The third kappa shape index (κ3) is 3.36. The number of amides is 4.